The number of aryl methyl sites for hydroxylation is 1. The van der Waals surface area contributed by atoms with Crippen LogP contribution in [0.15, 0.2) is 24.5 Å². The second kappa shape index (κ2) is 7.12. The molecule has 9 nitrogen and oxygen atoms in total. The normalized spacial score (nSPS) is 20.1. The molecule has 0 aliphatic heterocycles. The molecule has 0 spiro atoms. The minimum absolute atomic E-state index is 0.205. The lowest BCUT2D eigenvalue weighted by Gasteiger charge is -2.14. The number of carbonyl (C=O) groups excluding carboxylic acids is 1. The van der Waals surface area contributed by atoms with Crippen molar-refractivity contribution in [3.8, 4) is 5.88 Å². The first-order valence-corrected chi connectivity index (χ1v) is 9.93. The van der Waals surface area contributed by atoms with Crippen molar-refractivity contribution in [2.75, 3.05) is 17.7 Å². The Kier molecular flexibility index (Phi) is 4.41. The van der Waals surface area contributed by atoms with Gasteiger partial charge in [0.15, 0.2) is 5.65 Å². The first kappa shape index (κ1) is 18.6. The summed E-state index contributed by atoms with van der Waals surface area (Å²) in [6, 6.07) is 3.29. The second-order valence-corrected chi connectivity index (χ2v) is 7.71. The van der Waals surface area contributed by atoms with Crippen LogP contribution in [0, 0.1) is 6.92 Å². The number of pyridine rings is 1. The number of anilines is 3. The van der Waals surface area contributed by atoms with Crippen LogP contribution in [0.2, 0.25) is 0 Å². The van der Waals surface area contributed by atoms with Crippen molar-refractivity contribution >= 4 is 28.9 Å². The van der Waals surface area contributed by atoms with Crippen LogP contribution >= 0.6 is 0 Å². The van der Waals surface area contributed by atoms with Crippen molar-refractivity contribution in [2.45, 2.75) is 44.5 Å². The predicted molar refractivity (Wildman–Crippen MR) is 109 cm³/mol. The molecule has 2 aliphatic carbocycles. The second-order valence-electron chi connectivity index (χ2n) is 7.71. The van der Waals surface area contributed by atoms with Gasteiger partial charge in [0, 0.05) is 25.7 Å². The van der Waals surface area contributed by atoms with E-state index in [1.165, 1.54) is 10.7 Å². The molecule has 2 fully saturated rings. The summed E-state index contributed by atoms with van der Waals surface area (Å²) < 4.78 is 20.6. The molecule has 0 unspecified atom stereocenters. The number of rotatable bonds is 7. The summed E-state index contributed by atoms with van der Waals surface area (Å²) in [7, 11) is 1.76. The fourth-order valence-electron chi connectivity index (χ4n) is 3.15. The molecule has 0 aromatic carbocycles. The number of amides is 1. The van der Waals surface area contributed by atoms with Gasteiger partial charge in [-0.05, 0) is 31.4 Å². The maximum atomic E-state index is 13.2. The molecule has 10 heteroatoms. The van der Waals surface area contributed by atoms with Crippen LogP contribution in [0.5, 0.6) is 5.88 Å². The standard InChI is InChI=1S/C20H22FN7O2/c1-10-5-15(20(23-8-10)30-11-3-4-11)25-16-7-17(22-2)28-18(27-16)12(9-24-28)19(29)26-14-6-13(14)21/h5,7-9,11,13-14,22H,3-4,6H2,1-2H3,(H,25,27)(H,26,29)/t13-,14+/m1/s1. The summed E-state index contributed by atoms with van der Waals surface area (Å²) in [6.45, 7) is 1.95. The Balaban J connectivity index is 1.49. The van der Waals surface area contributed by atoms with Gasteiger partial charge in [-0.2, -0.15) is 9.61 Å². The van der Waals surface area contributed by atoms with E-state index in [0.29, 0.717) is 35.3 Å². The third kappa shape index (κ3) is 3.60. The van der Waals surface area contributed by atoms with E-state index in [1.807, 2.05) is 13.0 Å². The lowest BCUT2D eigenvalue weighted by molar-refractivity contribution is 0.0949. The summed E-state index contributed by atoms with van der Waals surface area (Å²) in [5, 5.41) is 13.2. The molecule has 5 rings (SSSR count). The third-order valence-corrected chi connectivity index (χ3v) is 5.05. The molecule has 0 saturated heterocycles. The molecule has 0 radical (unpaired) electrons. The SMILES string of the molecule is CNc1cc(Nc2cc(C)cnc2OC2CC2)nc2c(C(=O)N[C@H]3C[C@H]3F)cnn12. The van der Waals surface area contributed by atoms with E-state index in [9.17, 15) is 9.18 Å². The summed E-state index contributed by atoms with van der Waals surface area (Å²) >= 11 is 0. The van der Waals surface area contributed by atoms with Crippen molar-refractivity contribution in [1.82, 2.24) is 24.9 Å². The summed E-state index contributed by atoms with van der Waals surface area (Å²) in [5.74, 6) is 1.27. The summed E-state index contributed by atoms with van der Waals surface area (Å²) in [4.78, 5) is 21.6. The Morgan fingerprint density at radius 1 is 1.30 bits per heavy atom. The number of alkyl halides is 1. The minimum atomic E-state index is -0.979. The molecule has 30 heavy (non-hydrogen) atoms. The van der Waals surface area contributed by atoms with Crippen LogP contribution in [0.3, 0.4) is 0 Å². The number of hydrogen-bond acceptors (Lipinski definition) is 7. The highest BCUT2D eigenvalue weighted by Gasteiger charge is 2.39. The Bertz CT molecular complexity index is 1130. The predicted octanol–water partition coefficient (Wildman–Crippen LogP) is 2.60. The molecular weight excluding hydrogens is 389 g/mol. The minimum Gasteiger partial charge on any atom is -0.473 e. The van der Waals surface area contributed by atoms with Gasteiger partial charge in [0.05, 0.1) is 12.2 Å². The lowest BCUT2D eigenvalue weighted by atomic mass is 10.3. The number of halogens is 1. The zero-order chi connectivity index (χ0) is 20.8. The van der Waals surface area contributed by atoms with Crippen LogP contribution in [0.4, 0.5) is 21.7 Å². The highest BCUT2D eigenvalue weighted by molar-refractivity contribution is 6.00. The van der Waals surface area contributed by atoms with Crippen LogP contribution in [0.25, 0.3) is 5.65 Å². The van der Waals surface area contributed by atoms with E-state index in [2.05, 4.69) is 31.0 Å². The number of hydrogen-bond donors (Lipinski definition) is 3. The molecule has 2 aliphatic rings. The summed E-state index contributed by atoms with van der Waals surface area (Å²) in [6.07, 6.45) is 4.82. The zero-order valence-electron chi connectivity index (χ0n) is 16.6. The quantitative estimate of drug-likeness (QED) is 0.549. The molecule has 0 bridgehead atoms. The molecular formula is C20H22FN7O2. The van der Waals surface area contributed by atoms with Crippen molar-refractivity contribution < 1.29 is 13.9 Å². The van der Waals surface area contributed by atoms with Gasteiger partial charge in [-0.15, -0.1) is 0 Å². The molecule has 3 N–H and O–H groups in total. The number of carbonyl (C=O) groups is 1. The summed E-state index contributed by atoms with van der Waals surface area (Å²) in [5.41, 5.74) is 2.32. The first-order valence-electron chi connectivity index (χ1n) is 9.93. The zero-order valence-corrected chi connectivity index (χ0v) is 16.6. The van der Waals surface area contributed by atoms with Gasteiger partial charge in [-0.25, -0.2) is 14.4 Å². The first-order chi connectivity index (χ1) is 14.5. The Labute approximate surface area is 172 Å². The number of nitrogens with zero attached hydrogens (tertiary/aromatic N) is 4. The van der Waals surface area contributed by atoms with E-state index in [0.717, 1.165) is 18.4 Å². The Morgan fingerprint density at radius 2 is 2.10 bits per heavy atom. The van der Waals surface area contributed by atoms with Crippen molar-refractivity contribution in [1.29, 1.82) is 0 Å². The van der Waals surface area contributed by atoms with E-state index >= 15 is 0 Å². The molecule has 3 heterocycles. The highest BCUT2D eigenvalue weighted by Crippen LogP contribution is 2.33. The Hall–Kier alpha value is -3.43. The molecule has 1 amide bonds. The van der Waals surface area contributed by atoms with Gasteiger partial charge in [-0.3, -0.25) is 4.79 Å². The van der Waals surface area contributed by atoms with Crippen molar-refractivity contribution in [3.63, 3.8) is 0 Å². The molecule has 2 atom stereocenters. The lowest BCUT2D eigenvalue weighted by Crippen LogP contribution is -2.27. The average molecular weight is 411 g/mol. The topological polar surface area (TPSA) is 105 Å². The number of aromatic nitrogens is 4. The number of fused-ring (bicyclic) bond motifs is 1. The average Bonchev–Trinajstić information content (AvgIpc) is 3.62. The van der Waals surface area contributed by atoms with Gasteiger partial charge in [0.2, 0.25) is 5.88 Å². The Morgan fingerprint density at radius 3 is 2.80 bits per heavy atom. The highest BCUT2D eigenvalue weighted by atomic mass is 19.1. The van der Waals surface area contributed by atoms with Gasteiger partial charge in [-0.1, -0.05) is 0 Å². The van der Waals surface area contributed by atoms with E-state index in [1.54, 1.807) is 19.3 Å². The molecule has 2 saturated carbocycles. The van der Waals surface area contributed by atoms with Crippen molar-refractivity contribution in [2.24, 2.45) is 0 Å². The van der Waals surface area contributed by atoms with Crippen LogP contribution in [0.1, 0.15) is 35.2 Å². The molecule has 3 aromatic heterocycles. The van der Waals surface area contributed by atoms with Gasteiger partial charge < -0.3 is 20.7 Å². The van der Waals surface area contributed by atoms with Crippen LogP contribution in [-0.2, 0) is 0 Å². The van der Waals surface area contributed by atoms with Crippen LogP contribution in [-0.4, -0.2) is 50.9 Å². The van der Waals surface area contributed by atoms with E-state index < -0.39 is 18.1 Å². The smallest absolute Gasteiger partial charge is 0.257 e. The fourth-order valence-corrected chi connectivity index (χ4v) is 3.15. The number of ether oxygens (including phenoxy) is 1. The fraction of sp³-hybridized carbons (Fsp3) is 0.400. The number of nitrogens with one attached hydrogen (secondary N) is 3. The maximum absolute atomic E-state index is 13.2. The van der Waals surface area contributed by atoms with Crippen LogP contribution < -0.4 is 20.7 Å². The third-order valence-electron chi connectivity index (χ3n) is 5.05. The van der Waals surface area contributed by atoms with Crippen molar-refractivity contribution in [3.05, 3.63) is 35.7 Å². The van der Waals surface area contributed by atoms with Gasteiger partial charge in [0.1, 0.15) is 35.2 Å². The largest absolute Gasteiger partial charge is 0.473 e. The maximum Gasteiger partial charge on any atom is 0.257 e. The van der Waals surface area contributed by atoms with Gasteiger partial charge >= 0.3 is 0 Å². The van der Waals surface area contributed by atoms with Gasteiger partial charge in [0.25, 0.3) is 5.91 Å². The molecule has 156 valence electrons. The molecule has 3 aromatic rings. The van der Waals surface area contributed by atoms with E-state index in [-0.39, 0.29) is 11.7 Å². The van der Waals surface area contributed by atoms with E-state index in [4.69, 9.17) is 4.74 Å². The monoisotopic (exact) mass is 411 g/mol.